The molecule has 1 aromatic carbocycles. The summed E-state index contributed by atoms with van der Waals surface area (Å²) in [5.74, 6) is 0.608. The van der Waals surface area contributed by atoms with Crippen molar-refractivity contribution in [3.05, 3.63) is 33.8 Å². The summed E-state index contributed by atoms with van der Waals surface area (Å²) in [5, 5.41) is 13.4. The van der Waals surface area contributed by atoms with Crippen LogP contribution < -0.4 is 10.1 Å². The second kappa shape index (κ2) is 6.84. The highest BCUT2D eigenvalue weighted by Gasteiger charge is 2.08. The van der Waals surface area contributed by atoms with Gasteiger partial charge in [0.15, 0.2) is 0 Å². The van der Waals surface area contributed by atoms with Crippen LogP contribution in [0.5, 0.6) is 10.9 Å². The maximum Gasteiger partial charge on any atom is 0.299 e. The van der Waals surface area contributed by atoms with Crippen LogP contribution in [0.4, 0.5) is 0 Å². The Hall–Kier alpha value is -1.17. The van der Waals surface area contributed by atoms with Gasteiger partial charge in [-0.1, -0.05) is 41.0 Å². The number of halogens is 1. The lowest BCUT2D eigenvalue weighted by atomic mass is 10.2. The average molecular weight is 298 g/mol. The molecule has 1 heterocycles. The van der Waals surface area contributed by atoms with Crippen LogP contribution in [0.25, 0.3) is 0 Å². The number of benzene rings is 1. The number of aryl methyl sites for hydroxylation is 1. The van der Waals surface area contributed by atoms with Gasteiger partial charge in [0.1, 0.15) is 10.8 Å². The van der Waals surface area contributed by atoms with Gasteiger partial charge in [-0.3, -0.25) is 0 Å². The Morgan fingerprint density at radius 3 is 2.95 bits per heavy atom. The molecule has 0 atom stereocenters. The molecule has 1 aromatic heterocycles. The van der Waals surface area contributed by atoms with E-state index in [1.165, 1.54) is 11.3 Å². The van der Waals surface area contributed by atoms with Crippen molar-refractivity contribution in [3.8, 4) is 10.9 Å². The quantitative estimate of drug-likeness (QED) is 0.824. The molecule has 2 aromatic rings. The maximum absolute atomic E-state index is 6.11. The first-order valence-corrected chi connectivity index (χ1v) is 7.35. The van der Waals surface area contributed by atoms with Gasteiger partial charge in [0.2, 0.25) is 0 Å². The molecule has 0 saturated carbocycles. The highest BCUT2D eigenvalue weighted by molar-refractivity contribution is 7.13. The zero-order chi connectivity index (χ0) is 13.7. The second-order valence-electron chi connectivity index (χ2n) is 4.17. The van der Waals surface area contributed by atoms with Crippen LogP contribution in [0.1, 0.15) is 23.9 Å². The first-order valence-electron chi connectivity index (χ1n) is 6.16. The summed E-state index contributed by atoms with van der Waals surface area (Å²) < 4.78 is 5.64. The summed E-state index contributed by atoms with van der Waals surface area (Å²) in [6, 6.07) is 5.65. The largest absolute Gasteiger partial charge is 0.428 e. The minimum Gasteiger partial charge on any atom is -0.428 e. The van der Waals surface area contributed by atoms with Gasteiger partial charge in [-0.05, 0) is 37.6 Å². The topological polar surface area (TPSA) is 47.0 Å². The molecular weight excluding hydrogens is 282 g/mol. The summed E-state index contributed by atoms with van der Waals surface area (Å²) in [7, 11) is 0. The molecule has 0 aliphatic carbocycles. The standard InChI is InChI=1S/C13H16ClN3OS/c1-3-6-15-8-12-16-17-13(19-12)18-11-5-4-9(2)7-10(11)14/h4-5,7,15H,3,6,8H2,1-2H3. The number of hydrogen-bond donors (Lipinski definition) is 1. The van der Waals surface area contributed by atoms with Gasteiger partial charge in [-0.25, -0.2) is 0 Å². The third-order valence-electron chi connectivity index (χ3n) is 2.44. The fourth-order valence-electron chi connectivity index (χ4n) is 1.51. The third kappa shape index (κ3) is 4.16. The van der Waals surface area contributed by atoms with Crippen LogP contribution in [0.15, 0.2) is 18.2 Å². The Morgan fingerprint density at radius 2 is 2.21 bits per heavy atom. The highest BCUT2D eigenvalue weighted by Crippen LogP contribution is 2.31. The monoisotopic (exact) mass is 297 g/mol. The zero-order valence-electron chi connectivity index (χ0n) is 10.9. The number of nitrogens with one attached hydrogen (secondary N) is 1. The van der Waals surface area contributed by atoms with Crippen molar-refractivity contribution in [2.45, 2.75) is 26.8 Å². The fraction of sp³-hybridized carbons (Fsp3) is 0.385. The molecule has 0 aliphatic rings. The lowest BCUT2D eigenvalue weighted by molar-refractivity contribution is 0.473. The molecule has 0 aliphatic heterocycles. The molecule has 0 amide bonds. The van der Waals surface area contributed by atoms with Gasteiger partial charge in [-0.15, -0.1) is 5.10 Å². The Bertz CT molecular complexity index is 544. The van der Waals surface area contributed by atoms with Crippen LogP contribution >= 0.6 is 22.9 Å². The molecular formula is C13H16ClN3OS. The minimum absolute atomic E-state index is 0.513. The first-order chi connectivity index (χ1) is 9.19. The summed E-state index contributed by atoms with van der Waals surface area (Å²) in [5.41, 5.74) is 1.10. The average Bonchev–Trinajstić information content (AvgIpc) is 2.81. The molecule has 0 spiro atoms. The minimum atomic E-state index is 0.513. The van der Waals surface area contributed by atoms with E-state index < -0.39 is 0 Å². The lowest BCUT2D eigenvalue weighted by Crippen LogP contribution is -2.13. The number of ether oxygens (including phenoxy) is 1. The van der Waals surface area contributed by atoms with E-state index in [0.717, 1.165) is 30.1 Å². The highest BCUT2D eigenvalue weighted by atomic mass is 35.5. The van der Waals surface area contributed by atoms with Crippen molar-refractivity contribution >= 4 is 22.9 Å². The molecule has 0 saturated heterocycles. The van der Waals surface area contributed by atoms with Crippen LogP contribution in [0.2, 0.25) is 5.02 Å². The molecule has 0 bridgehead atoms. The molecule has 4 nitrogen and oxygen atoms in total. The molecule has 102 valence electrons. The summed E-state index contributed by atoms with van der Waals surface area (Å²) in [6.45, 7) is 5.80. The van der Waals surface area contributed by atoms with Crippen molar-refractivity contribution < 1.29 is 4.74 Å². The Kier molecular flexibility index (Phi) is 5.13. The van der Waals surface area contributed by atoms with Crippen LogP contribution in [0, 0.1) is 6.92 Å². The zero-order valence-corrected chi connectivity index (χ0v) is 12.5. The second-order valence-corrected chi connectivity index (χ2v) is 5.61. The molecule has 0 radical (unpaired) electrons. The number of aromatic nitrogens is 2. The number of hydrogen-bond acceptors (Lipinski definition) is 5. The van der Waals surface area contributed by atoms with Crippen molar-refractivity contribution in [3.63, 3.8) is 0 Å². The molecule has 2 rings (SSSR count). The Morgan fingerprint density at radius 1 is 1.37 bits per heavy atom. The smallest absolute Gasteiger partial charge is 0.299 e. The predicted molar refractivity (Wildman–Crippen MR) is 78.2 cm³/mol. The van der Waals surface area contributed by atoms with Gasteiger partial charge in [0.05, 0.1) is 5.02 Å². The van der Waals surface area contributed by atoms with E-state index in [2.05, 4.69) is 22.4 Å². The van der Waals surface area contributed by atoms with E-state index >= 15 is 0 Å². The van der Waals surface area contributed by atoms with E-state index in [0.29, 0.717) is 16.0 Å². The van der Waals surface area contributed by atoms with E-state index in [1.54, 1.807) is 0 Å². The van der Waals surface area contributed by atoms with E-state index in [9.17, 15) is 0 Å². The third-order valence-corrected chi connectivity index (χ3v) is 3.53. The fourth-order valence-corrected chi connectivity index (χ4v) is 2.45. The number of nitrogens with zero attached hydrogens (tertiary/aromatic N) is 2. The summed E-state index contributed by atoms with van der Waals surface area (Å²) in [4.78, 5) is 0. The van der Waals surface area contributed by atoms with E-state index in [-0.39, 0.29) is 0 Å². The van der Waals surface area contributed by atoms with Gasteiger partial charge >= 0.3 is 0 Å². The predicted octanol–water partition coefficient (Wildman–Crippen LogP) is 3.79. The van der Waals surface area contributed by atoms with Gasteiger partial charge < -0.3 is 10.1 Å². The molecule has 1 N–H and O–H groups in total. The summed E-state index contributed by atoms with van der Waals surface area (Å²) in [6.07, 6.45) is 1.10. The van der Waals surface area contributed by atoms with Gasteiger partial charge in [0.25, 0.3) is 5.19 Å². The van der Waals surface area contributed by atoms with E-state index in [1.807, 2.05) is 25.1 Å². The van der Waals surface area contributed by atoms with Gasteiger partial charge in [-0.2, -0.15) is 0 Å². The van der Waals surface area contributed by atoms with E-state index in [4.69, 9.17) is 16.3 Å². The summed E-state index contributed by atoms with van der Waals surface area (Å²) >= 11 is 7.53. The van der Waals surface area contributed by atoms with Crippen molar-refractivity contribution in [1.82, 2.24) is 15.5 Å². The molecule has 0 unspecified atom stereocenters. The number of rotatable bonds is 6. The normalized spacial score (nSPS) is 10.7. The molecule has 0 fully saturated rings. The first kappa shape index (κ1) is 14.2. The molecule has 19 heavy (non-hydrogen) atoms. The van der Waals surface area contributed by atoms with Crippen molar-refractivity contribution in [2.24, 2.45) is 0 Å². The van der Waals surface area contributed by atoms with Crippen molar-refractivity contribution in [2.75, 3.05) is 6.54 Å². The maximum atomic E-state index is 6.11. The van der Waals surface area contributed by atoms with Crippen LogP contribution in [0.3, 0.4) is 0 Å². The van der Waals surface area contributed by atoms with Gasteiger partial charge in [0, 0.05) is 6.54 Å². The Balaban J connectivity index is 1.99. The SMILES string of the molecule is CCCNCc1nnc(Oc2ccc(C)cc2Cl)s1. The molecule has 6 heteroatoms. The lowest BCUT2D eigenvalue weighted by Gasteiger charge is -2.03. The van der Waals surface area contributed by atoms with Crippen LogP contribution in [-0.4, -0.2) is 16.7 Å². The van der Waals surface area contributed by atoms with Crippen molar-refractivity contribution in [1.29, 1.82) is 0 Å². The van der Waals surface area contributed by atoms with Crippen LogP contribution in [-0.2, 0) is 6.54 Å². The Labute approximate surface area is 121 Å².